The molecule has 0 unspecified atom stereocenters. The predicted octanol–water partition coefficient (Wildman–Crippen LogP) is 0.597. The van der Waals surface area contributed by atoms with Gasteiger partial charge in [-0.05, 0) is 18.8 Å². The SMILES string of the molecule is c1[nH+][nH]c2c1CN(CC1CC1)CC2. The summed E-state index contributed by atoms with van der Waals surface area (Å²) in [4.78, 5) is 2.58. The van der Waals surface area contributed by atoms with E-state index >= 15 is 0 Å². The lowest BCUT2D eigenvalue weighted by molar-refractivity contribution is -0.450. The van der Waals surface area contributed by atoms with E-state index in [4.69, 9.17) is 0 Å². The van der Waals surface area contributed by atoms with Gasteiger partial charge in [0.2, 0.25) is 0 Å². The number of nitrogens with one attached hydrogen (secondary N) is 2. The molecule has 0 saturated heterocycles. The van der Waals surface area contributed by atoms with E-state index in [-0.39, 0.29) is 0 Å². The van der Waals surface area contributed by atoms with Crippen molar-refractivity contribution in [2.45, 2.75) is 25.8 Å². The molecule has 0 bridgehead atoms. The first-order chi connectivity index (χ1) is 6.42. The quantitative estimate of drug-likeness (QED) is 0.706. The van der Waals surface area contributed by atoms with Crippen LogP contribution in [0.15, 0.2) is 6.20 Å². The van der Waals surface area contributed by atoms with Crippen molar-refractivity contribution >= 4 is 0 Å². The van der Waals surface area contributed by atoms with Crippen LogP contribution in [0, 0.1) is 5.92 Å². The minimum absolute atomic E-state index is 1.02. The Balaban J connectivity index is 1.69. The zero-order valence-corrected chi connectivity index (χ0v) is 7.84. The van der Waals surface area contributed by atoms with Gasteiger partial charge in [0.25, 0.3) is 0 Å². The van der Waals surface area contributed by atoms with E-state index < -0.39 is 0 Å². The average molecular weight is 178 g/mol. The fourth-order valence-corrected chi connectivity index (χ4v) is 2.15. The number of rotatable bonds is 2. The number of aromatic amines is 2. The van der Waals surface area contributed by atoms with Crippen LogP contribution in [-0.4, -0.2) is 23.1 Å². The number of H-pyrrole nitrogens is 2. The first-order valence-electron chi connectivity index (χ1n) is 5.21. The molecule has 3 nitrogen and oxygen atoms in total. The molecule has 1 fully saturated rings. The van der Waals surface area contributed by atoms with Gasteiger partial charge in [-0.3, -0.25) is 4.90 Å². The van der Waals surface area contributed by atoms with Crippen molar-refractivity contribution in [3.05, 3.63) is 17.5 Å². The number of nitrogens with zero attached hydrogens (tertiary/aromatic N) is 1. The molecular weight excluding hydrogens is 162 g/mol. The van der Waals surface area contributed by atoms with Gasteiger partial charge in [0.05, 0.1) is 11.3 Å². The van der Waals surface area contributed by atoms with E-state index in [9.17, 15) is 0 Å². The molecule has 1 aliphatic heterocycles. The van der Waals surface area contributed by atoms with E-state index in [2.05, 4.69) is 21.3 Å². The van der Waals surface area contributed by atoms with Crippen LogP contribution in [0.4, 0.5) is 0 Å². The second-order valence-corrected chi connectivity index (χ2v) is 4.35. The van der Waals surface area contributed by atoms with Gasteiger partial charge >= 0.3 is 0 Å². The second kappa shape index (κ2) is 2.84. The van der Waals surface area contributed by atoms with E-state index in [1.807, 2.05) is 0 Å². The summed E-state index contributed by atoms with van der Waals surface area (Å²) in [5.41, 5.74) is 2.87. The third-order valence-electron chi connectivity index (χ3n) is 3.14. The molecule has 3 heteroatoms. The Morgan fingerprint density at radius 3 is 3.31 bits per heavy atom. The minimum atomic E-state index is 1.02. The van der Waals surface area contributed by atoms with Crippen molar-refractivity contribution in [3.8, 4) is 0 Å². The van der Waals surface area contributed by atoms with Crippen LogP contribution in [0.2, 0.25) is 0 Å². The Bertz CT molecular complexity index is 301. The van der Waals surface area contributed by atoms with Gasteiger partial charge in [0.1, 0.15) is 0 Å². The van der Waals surface area contributed by atoms with Crippen molar-refractivity contribution < 1.29 is 5.10 Å². The molecule has 1 aromatic rings. The van der Waals surface area contributed by atoms with Crippen molar-refractivity contribution in [1.82, 2.24) is 10.00 Å². The Morgan fingerprint density at radius 2 is 2.46 bits per heavy atom. The summed E-state index contributed by atoms with van der Waals surface area (Å²) < 4.78 is 0. The molecule has 0 atom stereocenters. The first-order valence-corrected chi connectivity index (χ1v) is 5.21. The van der Waals surface area contributed by atoms with Gasteiger partial charge in [-0.1, -0.05) is 0 Å². The van der Waals surface area contributed by atoms with E-state index in [0.717, 1.165) is 12.5 Å². The van der Waals surface area contributed by atoms with Crippen molar-refractivity contribution in [2.75, 3.05) is 13.1 Å². The van der Waals surface area contributed by atoms with Crippen molar-refractivity contribution in [1.29, 1.82) is 0 Å². The zero-order chi connectivity index (χ0) is 8.67. The van der Waals surface area contributed by atoms with Crippen molar-refractivity contribution in [2.24, 2.45) is 5.92 Å². The molecule has 3 rings (SSSR count). The average Bonchev–Trinajstić information content (AvgIpc) is 2.83. The largest absolute Gasteiger partial charge is 0.298 e. The number of hydrogen-bond acceptors (Lipinski definition) is 1. The molecule has 0 amide bonds. The first kappa shape index (κ1) is 7.56. The van der Waals surface area contributed by atoms with Crippen LogP contribution >= 0.6 is 0 Å². The summed E-state index contributed by atoms with van der Waals surface area (Å²) >= 11 is 0. The summed E-state index contributed by atoms with van der Waals surface area (Å²) in [6.07, 6.45) is 6.21. The molecule has 1 saturated carbocycles. The smallest absolute Gasteiger partial charge is 0.197 e. The summed E-state index contributed by atoms with van der Waals surface area (Å²) in [6.45, 7) is 3.70. The Kier molecular flexibility index (Phi) is 1.65. The summed E-state index contributed by atoms with van der Waals surface area (Å²) in [5.74, 6) is 1.02. The Labute approximate surface area is 78.1 Å². The molecule has 1 aromatic heterocycles. The molecule has 0 spiro atoms. The summed E-state index contributed by atoms with van der Waals surface area (Å²) in [5, 5.41) is 6.27. The number of fused-ring (bicyclic) bond motifs is 1. The Morgan fingerprint density at radius 1 is 1.54 bits per heavy atom. The lowest BCUT2D eigenvalue weighted by Gasteiger charge is -2.24. The normalized spacial score (nSPS) is 23.1. The summed E-state index contributed by atoms with van der Waals surface area (Å²) in [7, 11) is 0. The lowest BCUT2D eigenvalue weighted by atomic mass is 10.1. The molecule has 0 aromatic carbocycles. The van der Waals surface area contributed by atoms with Crippen LogP contribution < -0.4 is 5.10 Å². The molecule has 13 heavy (non-hydrogen) atoms. The molecule has 1 aliphatic carbocycles. The molecule has 2 aliphatic rings. The molecule has 70 valence electrons. The zero-order valence-electron chi connectivity index (χ0n) is 7.84. The second-order valence-electron chi connectivity index (χ2n) is 4.35. The lowest BCUT2D eigenvalue weighted by Crippen LogP contribution is -2.31. The van der Waals surface area contributed by atoms with E-state index in [1.54, 1.807) is 0 Å². The van der Waals surface area contributed by atoms with Gasteiger partial charge < -0.3 is 0 Å². The maximum atomic E-state index is 3.20. The van der Waals surface area contributed by atoms with Crippen LogP contribution in [-0.2, 0) is 13.0 Å². The van der Waals surface area contributed by atoms with Gasteiger partial charge in [-0.2, -0.15) is 5.10 Å². The maximum absolute atomic E-state index is 3.20. The van der Waals surface area contributed by atoms with Gasteiger partial charge in [-0.25, -0.2) is 0 Å². The fraction of sp³-hybridized carbons (Fsp3) is 0.700. The summed E-state index contributed by atoms with van der Waals surface area (Å²) in [6, 6.07) is 0. The highest BCUT2D eigenvalue weighted by atomic mass is 15.2. The number of hydrogen-bond donors (Lipinski definition) is 1. The van der Waals surface area contributed by atoms with Crippen LogP contribution in [0.25, 0.3) is 0 Å². The standard InChI is InChI=1S/C10H15N3/c1-2-8(1)6-13-4-3-10-9(7-13)5-11-12-10/h5,8H,1-4,6-7H2,(H,11,12)/p+1. The van der Waals surface area contributed by atoms with Crippen LogP contribution in [0.5, 0.6) is 0 Å². The molecular formula is C10H16N3+. The molecule has 2 N–H and O–H groups in total. The highest BCUT2D eigenvalue weighted by Crippen LogP contribution is 2.31. The van der Waals surface area contributed by atoms with E-state index in [1.165, 1.54) is 43.6 Å². The van der Waals surface area contributed by atoms with Gasteiger partial charge in [0, 0.05) is 26.1 Å². The monoisotopic (exact) mass is 178 g/mol. The topological polar surface area (TPSA) is 33.2 Å². The molecule has 2 heterocycles. The highest BCUT2D eigenvalue weighted by Gasteiger charge is 2.27. The number of aromatic nitrogens is 2. The van der Waals surface area contributed by atoms with Crippen LogP contribution in [0.3, 0.4) is 0 Å². The molecule has 0 radical (unpaired) electrons. The van der Waals surface area contributed by atoms with Gasteiger partial charge in [-0.15, -0.1) is 5.10 Å². The third-order valence-corrected chi connectivity index (χ3v) is 3.14. The third kappa shape index (κ3) is 1.48. The van der Waals surface area contributed by atoms with Gasteiger partial charge in [0.15, 0.2) is 6.20 Å². The highest BCUT2D eigenvalue weighted by molar-refractivity contribution is 5.16. The van der Waals surface area contributed by atoms with Crippen molar-refractivity contribution in [3.63, 3.8) is 0 Å². The maximum Gasteiger partial charge on any atom is 0.197 e. The predicted molar refractivity (Wildman–Crippen MR) is 49.1 cm³/mol. The van der Waals surface area contributed by atoms with Crippen LogP contribution in [0.1, 0.15) is 24.1 Å². The Hall–Kier alpha value is -0.830. The van der Waals surface area contributed by atoms with E-state index in [0.29, 0.717) is 0 Å². The minimum Gasteiger partial charge on any atom is -0.298 e. The fourth-order valence-electron chi connectivity index (χ4n) is 2.15.